The van der Waals surface area contributed by atoms with Gasteiger partial charge in [0.15, 0.2) is 0 Å². The van der Waals surface area contributed by atoms with Crippen molar-refractivity contribution in [3.63, 3.8) is 0 Å². The number of nitrogens with one attached hydrogen (secondary N) is 1. The van der Waals surface area contributed by atoms with E-state index in [-0.39, 0.29) is 0 Å². The Morgan fingerprint density at radius 1 is 1.31 bits per heavy atom. The molecule has 0 bridgehead atoms. The van der Waals surface area contributed by atoms with Crippen LogP contribution in [0.4, 0.5) is 0 Å². The largest absolute Gasteiger partial charge is 0.358 e. The van der Waals surface area contributed by atoms with E-state index in [0.29, 0.717) is 6.54 Å². The molecule has 0 aliphatic carbocycles. The van der Waals surface area contributed by atoms with Crippen LogP contribution in [0.5, 0.6) is 0 Å². The van der Waals surface area contributed by atoms with Crippen LogP contribution in [-0.4, -0.2) is 4.98 Å². The lowest BCUT2D eigenvalue weighted by Gasteiger charge is -1.96. The Balaban J connectivity index is 2.86. The number of nitrogens with two attached hydrogens (primary N) is 1. The molecule has 2 nitrogen and oxygen atoms in total. The molecule has 0 aliphatic heterocycles. The highest BCUT2D eigenvalue weighted by Gasteiger charge is 2.06. The summed E-state index contributed by atoms with van der Waals surface area (Å²) >= 11 is 0. The van der Waals surface area contributed by atoms with Crippen LogP contribution in [0.15, 0.2) is 18.2 Å². The van der Waals surface area contributed by atoms with E-state index < -0.39 is 0 Å². The van der Waals surface area contributed by atoms with E-state index in [2.05, 4.69) is 37.0 Å². The second-order valence-electron chi connectivity index (χ2n) is 3.43. The Morgan fingerprint density at radius 2 is 2.08 bits per heavy atom. The molecule has 0 saturated heterocycles. The molecule has 1 aromatic carbocycles. The maximum Gasteiger partial charge on any atom is 0.0489 e. The number of aryl methyl sites for hydroxylation is 2. The molecule has 68 valence electrons. The van der Waals surface area contributed by atoms with Crippen molar-refractivity contribution in [1.82, 2.24) is 4.98 Å². The van der Waals surface area contributed by atoms with Crippen LogP contribution in [-0.2, 0) is 6.54 Å². The first-order chi connectivity index (χ1) is 6.24. The van der Waals surface area contributed by atoms with E-state index in [0.717, 1.165) is 0 Å². The van der Waals surface area contributed by atoms with E-state index in [1.165, 1.54) is 27.7 Å². The third kappa shape index (κ3) is 1.14. The van der Waals surface area contributed by atoms with Crippen molar-refractivity contribution in [3.8, 4) is 0 Å². The standard InChI is InChI=1S/C11H14N2/c1-7-4-3-5-9-10(6-12)8(2)13-11(7)9/h3-5,13H,6,12H2,1-2H3. The topological polar surface area (TPSA) is 41.8 Å². The molecule has 2 heteroatoms. The number of H-pyrrole nitrogens is 1. The molecule has 1 heterocycles. The van der Waals surface area contributed by atoms with Crippen LogP contribution in [0.3, 0.4) is 0 Å². The molecule has 0 fully saturated rings. The highest BCUT2D eigenvalue weighted by Crippen LogP contribution is 2.23. The van der Waals surface area contributed by atoms with Gasteiger partial charge in [-0.1, -0.05) is 18.2 Å². The molecule has 0 amide bonds. The monoisotopic (exact) mass is 174 g/mol. The Morgan fingerprint density at radius 3 is 2.77 bits per heavy atom. The third-order valence-corrected chi connectivity index (χ3v) is 2.57. The molecular weight excluding hydrogens is 160 g/mol. The lowest BCUT2D eigenvalue weighted by atomic mass is 10.1. The van der Waals surface area contributed by atoms with E-state index in [1.807, 2.05) is 0 Å². The minimum absolute atomic E-state index is 0.606. The summed E-state index contributed by atoms with van der Waals surface area (Å²) < 4.78 is 0. The molecule has 0 aliphatic rings. The Labute approximate surface area is 77.8 Å². The summed E-state index contributed by atoms with van der Waals surface area (Å²) in [5.41, 5.74) is 10.6. The first-order valence-corrected chi connectivity index (χ1v) is 4.51. The summed E-state index contributed by atoms with van der Waals surface area (Å²) in [6.07, 6.45) is 0. The van der Waals surface area contributed by atoms with Crippen molar-refractivity contribution in [2.45, 2.75) is 20.4 Å². The molecule has 2 aromatic rings. The van der Waals surface area contributed by atoms with Gasteiger partial charge in [0.2, 0.25) is 0 Å². The van der Waals surface area contributed by atoms with Gasteiger partial charge in [0.05, 0.1) is 0 Å². The Bertz CT molecular complexity index is 441. The van der Waals surface area contributed by atoms with Crippen molar-refractivity contribution in [2.75, 3.05) is 0 Å². The Hall–Kier alpha value is -1.28. The summed E-state index contributed by atoms with van der Waals surface area (Å²) in [7, 11) is 0. The van der Waals surface area contributed by atoms with Crippen molar-refractivity contribution in [2.24, 2.45) is 5.73 Å². The normalized spacial score (nSPS) is 11.0. The molecular formula is C11H14N2. The highest BCUT2D eigenvalue weighted by molar-refractivity contribution is 5.87. The first kappa shape index (κ1) is 8.32. The van der Waals surface area contributed by atoms with E-state index >= 15 is 0 Å². The van der Waals surface area contributed by atoms with Crippen LogP contribution in [0.2, 0.25) is 0 Å². The first-order valence-electron chi connectivity index (χ1n) is 4.51. The third-order valence-electron chi connectivity index (χ3n) is 2.57. The van der Waals surface area contributed by atoms with Gasteiger partial charge < -0.3 is 10.7 Å². The van der Waals surface area contributed by atoms with Gasteiger partial charge in [-0.3, -0.25) is 0 Å². The second-order valence-corrected chi connectivity index (χ2v) is 3.43. The maximum absolute atomic E-state index is 5.69. The predicted octanol–water partition coefficient (Wildman–Crippen LogP) is 2.24. The summed E-state index contributed by atoms with van der Waals surface area (Å²) in [4.78, 5) is 3.37. The van der Waals surface area contributed by atoms with Gasteiger partial charge in [-0.2, -0.15) is 0 Å². The van der Waals surface area contributed by atoms with Crippen molar-refractivity contribution in [1.29, 1.82) is 0 Å². The molecule has 0 atom stereocenters. The lowest BCUT2D eigenvalue weighted by Crippen LogP contribution is -1.96. The smallest absolute Gasteiger partial charge is 0.0489 e. The van der Waals surface area contributed by atoms with Crippen LogP contribution in [0, 0.1) is 13.8 Å². The van der Waals surface area contributed by atoms with Crippen LogP contribution >= 0.6 is 0 Å². The molecule has 0 spiro atoms. The Kier molecular flexibility index (Phi) is 1.85. The fourth-order valence-corrected chi connectivity index (χ4v) is 1.81. The summed E-state index contributed by atoms with van der Waals surface area (Å²) in [5, 5.41) is 1.26. The van der Waals surface area contributed by atoms with Crippen molar-refractivity contribution in [3.05, 3.63) is 35.0 Å². The quantitative estimate of drug-likeness (QED) is 0.684. The zero-order valence-electron chi connectivity index (χ0n) is 8.02. The number of aromatic amines is 1. The summed E-state index contributed by atoms with van der Waals surface area (Å²) in [6.45, 7) is 4.79. The molecule has 1 aromatic heterocycles. The SMILES string of the molecule is Cc1[nH]c2c(C)cccc2c1CN. The van der Waals surface area contributed by atoms with Gasteiger partial charge in [-0.15, -0.1) is 0 Å². The number of rotatable bonds is 1. The van der Waals surface area contributed by atoms with Gasteiger partial charge in [-0.05, 0) is 25.0 Å². The predicted molar refractivity (Wildman–Crippen MR) is 55.7 cm³/mol. The average molecular weight is 174 g/mol. The van der Waals surface area contributed by atoms with Gasteiger partial charge in [0.25, 0.3) is 0 Å². The lowest BCUT2D eigenvalue weighted by molar-refractivity contribution is 1.05. The van der Waals surface area contributed by atoms with E-state index in [1.54, 1.807) is 0 Å². The number of hydrogen-bond donors (Lipinski definition) is 2. The minimum atomic E-state index is 0.606. The van der Waals surface area contributed by atoms with Crippen LogP contribution in [0.25, 0.3) is 10.9 Å². The summed E-state index contributed by atoms with van der Waals surface area (Å²) in [6, 6.07) is 6.30. The maximum atomic E-state index is 5.69. The number of benzene rings is 1. The zero-order chi connectivity index (χ0) is 9.42. The highest BCUT2D eigenvalue weighted by atomic mass is 14.7. The molecule has 0 unspecified atom stereocenters. The molecule has 3 N–H and O–H groups in total. The van der Waals surface area contributed by atoms with Crippen LogP contribution in [0.1, 0.15) is 16.8 Å². The molecule has 13 heavy (non-hydrogen) atoms. The fourth-order valence-electron chi connectivity index (χ4n) is 1.81. The second kappa shape index (κ2) is 2.89. The van der Waals surface area contributed by atoms with E-state index in [4.69, 9.17) is 5.73 Å². The van der Waals surface area contributed by atoms with E-state index in [9.17, 15) is 0 Å². The molecule has 2 rings (SSSR count). The number of hydrogen-bond acceptors (Lipinski definition) is 1. The van der Waals surface area contributed by atoms with Gasteiger partial charge >= 0.3 is 0 Å². The summed E-state index contributed by atoms with van der Waals surface area (Å²) in [5.74, 6) is 0. The fraction of sp³-hybridized carbons (Fsp3) is 0.273. The van der Waals surface area contributed by atoms with Crippen molar-refractivity contribution < 1.29 is 0 Å². The van der Waals surface area contributed by atoms with Gasteiger partial charge in [0.1, 0.15) is 0 Å². The van der Waals surface area contributed by atoms with Gasteiger partial charge in [-0.25, -0.2) is 0 Å². The zero-order valence-corrected chi connectivity index (χ0v) is 8.02. The van der Waals surface area contributed by atoms with Crippen LogP contribution < -0.4 is 5.73 Å². The van der Waals surface area contributed by atoms with Gasteiger partial charge in [0, 0.05) is 23.1 Å². The van der Waals surface area contributed by atoms with Crippen molar-refractivity contribution >= 4 is 10.9 Å². The number of aromatic nitrogens is 1. The number of para-hydroxylation sites is 1. The molecule has 0 saturated carbocycles. The number of fused-ring (bicyclic) bond motifs is 1. The molecule has 0 radical (unpaired) electrons. The average Bonchev–Trinajstić information content (AvgIpc) is 2.43. The minimum Gasteiger partial charge on any atom is -0.358 e.